The highest BCUT2D eigenvalue weighted by Gasteiger charge is 2.12. The summed E-state index contributed by atoms with van der Waals surface area (Å²) in [5.41, 5.74) is 2.24. The van der Waals surface area contributed by atoms with E-state index in [4.69, 9.17) is 0 Å². The summed E-state index contributed by atoms with van der Waals surface area (Å²) in [6.45, 7) is 2.06. The van der Waals surface area contributed by atoms with Crippen molar-refractivity contribution >= 4 is 23.5 Å². The molecule has 0 aliphatic heterocycles. The van der Waals surface area contributed by atoms with E-state index in [0.29, 0.717) is 17.8 Å². The molecule has 0 atom stereocenters. The highest BCUT2D eigenvalue weighted by molar-refractivity contribution is 5.59. The summed E-state index contributed by atoms with van der Waals surface area (Å²) in [6, 6.07) is 8.21. The van der Waals surface area contributed by atoms with Crippen molar-refractivity contribution in [2.75, 3.05) is 43.3 Å². The molecule has 0 aliphatic carbocycles. The van der Waals surface area contributed by atoms with Crippen molar-refractivity contribution in [2.24, 2.45) is 0 Å². The van der Waals surface area contributed by atoms with Gasteiger partial charge in [0.15, 0.2) is 0 Å². The molecule has 1 aromatic carbocycles. The molecule has 0 saturated heterocycles. The van der Waals surface area contributed by atoms with Gasteiger partial charge in [0.25, 0.3) is 0 Å². The Labute approximate surface area is 119 Å². The van der Waals surface area contributed by atoms with Crippen LogP contribution in [0.5, 0.6) is 0 Å². The van der Waals surface area contributed by atoms with E-state index in [9.17, 15) is 0 Å². The van der Waals surface area contributed by atoms with Gasteiger partial charge in [0.2, 0.25) is 17.8 Å². The number of hydrogen-bond donors (Lipinski definition) is 1. The third kappa shape index (κ3) is 2.96. The minimum absolute atomic E-state index is 0.554. The molecule has 0 unspecified atom stereocenters. The lowest BCUT2D eigenvalue weighted by Gasteiger charge is -2.20. The standard InChI is InChI=1S/C14H20N6/c1-10-7-6-8-11(9-10)20(5)14-17-12(15-2)16-13(18-14)19(3)4/h6-9H,1-5H3,(H,15,16,17,18). The van der Waals surface area contributed by atoms with Crippen LogP contribution in [0.25, 0.3) is 0 Å². The molecule has 6 nitrogen and oxygen atoms in total. The lowest BCUT2D eigenvalue weighted by Crippen LogP contribution is -2.19. The van der Waals surface area contributed by atoms with Crippen molar-refractivity contribution < 1.29 is 0 Å². The summed E-state index contributed by atoms with van der Waals surface area (Å²) in [6.07, 6.45) is 0. The highest BCUT2D eigenvalue weighted by atomic mass is 15.3. The maximum atomic E-state index is 4.48. The highest BCUT2D eigenvalue weighted by Crippen LogP contribution is 2.23. The summed E-state index contributed by atoms with van der Waals surface area (Å²) in [7, 11) is 7.56. The van der Waals surface area contributed by atoms with Crippen LogP contribution in [0.15, 0.2) is 24.3 Å². The van der Waals surface area contributed by atoms with E-state index in [0.717, 1.165) is 5.69 Å². The van der Waals surface area contributed by atoms with Gasteiger partial charge in [-0.15, -0.1) is 0 Å². The zero-order chi connectivity index (χ0) is 14.7. The number of aryl methyl sites for hydroxylation is 1. The van der Waals surface area contributed by atoms with E-state index in [2.05, 4.69) is 39.3 Å². The first kappa shape index (κ1) is 14.0. The number of hydrogen-bond acceptors (Lipinski definition) is 6. The molecule has 106 valence electrons. The molecule has 1 aromatic heterocycles. The van der Waals surface area contributed by atoms with Crippen LogP contribution in [-0.2, 0) is 0 Å². The van der Waals surface area contributed by atoms with Crippen LogP contribution in [0.4, 0.5) is 23.5 Å². The molecule has 1 heterocycles. The SMILES string of the molecule is CNc1nc(N(C)C)nc(N(C)c2cccc(C)c2)n1. The molecule has 0 radical (unpaired) electrons. The van der Waals surface area contributed by atoms with Crippen molar-refractivity contribution in [1.29, 1.82) is 0 Å². The van der Waals surface area contributed by atoms with Gasteiger partial charge in [0, 0.05) is 33.9 Å². The van der Waals surface area contributed by atoms with Gasteiger partial charge >= 0.3 is 0 Å². The summed E-state index contributed by atoms with van der Waals surface area (Å²) < 4.78 is 0. The van der Waals surface area contributed by atoms with Crippen LogP contribution in [0.2, 0.25) is 0 Å². The Balaban J connectivity index is 2.43. The van der Waals surface area contributed by atoms with E-state index >= 15 is 0 Å². The van der Waals surface area contributed by atoms with E-state index < -0.39 is 0 Å². The minimum atomic E-state index is 0.554. The predicted molar refractivity (Wildman–Crippen MR) is 82.9 cm³/mol. The third-order valence-corrected chi connectivity index (χ3v) is 2.92. The molecule has 0 aliphatic rings. The summed E-state index contributed by atoms with van der Waals surface area (Å²) >= 11 is 0. The summed E-state index contributed by atoms with van der Waals surface area (Å²) in [5, 5.41) is 2.96. The van der Waals surface area contributed by atoms with Gasteiger partial charge in [-0.2, -0.15) is 15.0 Å². The molecule has 0 fully saturated rings. The van der Waals surface area contributed by atoms with Gasteiger partial charge in [-0.05, 0) is 24.6 Å². The topological polar surface area (TPSA) is 57.2 Å². The second-order valence-electron chi connectivity index (χ2n) is 4.80. The molecule has 0 saturated carbocycles. The lowest BCUT2D eigenvalue weighted by atomic mass is 10.2. The van der Waals surface area contributed by atoms with Gasteiger partial charge in [-0.25, -0.2) is 0 Å². The predicted octanol–water partition coefficient (Wildman–Crippen LogP) is 2.06. The van der Waals surface area contributed by atoms with Gasteiger partial charge < -0.3 is 15.1 Å². The van der Waals surface area contributed by atoms with Crippen molar-refractivity contribution in [3.63, 3.8) is 0 Å². The average molecular weight is 272 g/mol. The minimum Gasteiger partial charge on any atom is -0.357 e. The molecule has 0 amide bonds. The molecule has 0 bridgehead atoms. The fourth-order valence-electron chi connectivity index (χ4n) is 1.77. The first-order chi connectivity index (χ1) is 9.51. The molecule has 20 heavy (non-hydrogen) atoms. The maximum Gasteiger partial charge on any atom is 0.236 e. The number of nitrogens with one attached hydrogen (secondary N) is 1. The zero-order valence-corrected chi connectivity index (χ0v) is 12.5. The Morgan fingerprint density at radius 1 is 1.00 bits per heavy atom. The number of rotatable bonds is 4. The Kier molecular flexibility index (Phi) is 4.02. The summed E-state index contributed by atoms with van der Waals surface area (Å²) in [5.74, 6) is 1.79. The van der Waals surface area contributed by atoms with E-state index in [-0.39, 0.29) is 0 Å². The van der Waals surface area contributed by atoms with Crippen molar-refractivity contribution in [1.82, 2.24) is 15.0 Å². The molecular formula is C14H20N6. The van der Waals surface area contributed by atoms with Gasteiger partial charge in [0.05, 0.1) is 0 Å². The Morgan fingerprint density at radius 3 is 2.30 bits per heavy atom. The largest absolute Gasteiger partial charge is 0.357 e. The quantitative estimate of drug-likeness (QED) is 0.919. The Hall–Kier alpha value is -2.37. The smallest absolute Gasteiger partial charge is 0.236 e. The van der Waals surface area contributed by atoms with Gasteiger partial charge in [0.1, 0.15) is 0 Å². The van der Waals surface area contributed by atoms with E-state index in [1.54, 1.807) is 7.05 Å². The molecular weight excluding hydrogens is 252 g/mol. The fraction of sp³-hybridized carbons (Fsp3) is 0.357. The van der Waals surface area contributed by atoms with Crippen LogP contribution in [-0.4, -0.2) is 43.1 Å². The van der Waals surface area contributed by atoms with Crippen LogP contribution < -0.4 is 15.1 Å². The second kappa shape index (κ2) is 5.73. The number of nitrogens with zero attached hydrogens (tertiary/aromatic N) is 5. The van der Waals surface area contributed by atoms with Crippen LogP contribution in [0, 0.1) is 6.92 Å². The molecule has 6 heteroatoms. The fourth-order valence-corrected chi connectivity index (χ4v) is 1.77. The summed E-state index contributed by atoms with van der Waals surface area (Å²) in [4.78, 5) is 17.0. The van der Waals surface area contributed by atoms with Crippen molar-refractivity contribution in [3.8, 4) is 0 Å². The molecule has 1 N–H and O–H groups in total. The first-order valence-electron chi connectivity index (χ1n) is 6.43. The Morgan fingerprint density at radius 2 is 1.70 bits per heavy atom. The lowest BCUT2D eigenvalue weighted by molar-refractivity contribution is 0.933. The number of anilines is 4. The number of benzene rings is 1. The third-order valence-electron chi connectivity index (χ3n) is 2.92. The average Bonchev–Trinajstić information content (AvgIpc) is 2.45. The zero-order valence-electron chi connectivity index (χ0n) is 12.5. The van der Waals surface area contributed by atoms with Crippen LogP contribution in [0.3, 0.4) is 0 Å². The molecule has 2 aromatic rings. The second-order valence-corrected chi connectivity index (χ2v) is 4.80. The van der Waals surface area contributed by atoms with Crippen LogP contribution in [0.1, 0.15) is 5.56 Å². The van der Waals surface area contributed by atoms with E-state index in [1.807, 2.05) is 43.1 Å². The van der Waals surface area contributed by atoms with Gasteiger partial charge in [-0.3, -0.25) is 0 Å². The van der Waals surface area contributed by atoms with Crippen molar-refractivity contribution in [3.05, 3.63) is 29.8 Å². The monoisotopic (exact) mass is 272 g/mol. The van der Waals surface area contributed by atoms with Crippen LogP contribution >= 0.6 is 0 Å². The van der Waals surface area contributed by atoms with Gasteiger partial charge in [-0.1, -0.05) is 12.1 Å². The normalized spacial score (nSPS) is 10.2. The number of aromatic nitrogens is 3. The molecule has 2 rings (SSSR count). The van der Waals surface area contributed by atoms with E-state index in [1.165, 1.54) is 5.56 Å². The first-order valence-corrected chi connectivity index (χ1v) is 6.43. The Bertz CT molecular complexity index is 596. The van der Waals surface area contributed by atoms with Crippen molar-refractivity contribution in [2.45, 2.75) is 6.92 Å². The molecule has 0 spiro atoms. The maximum absolute atomic E-state index is 4.48.